The van der Waals surface area contributed by atoms with E-state index in [0.29, 0.717) is 31.4 Å². The fraction of sp³-hybridized carbons (Fsp3) is 0.348. The van der Waals surface area contributed by atoms with Crippen LogP contribution in [0.15, 0.2) is 42.6 Å². The van der Waals surface area contributed by atoms with Crippen molar-refractivity contribution in [1.29, 1.82) is 0 Å². The van der Waals surface area contributed by atoms with Crippen LogP contribution in [0, 0.1) is 11.2 Å². The highest BCUT2D eigenvalue weighted by Crippen LogP contribution is 2.69. The van der Waals surface area contributed by atoms with Crippen LogP contribution in [0.3, 0.4) is 0 Å². The normalized spacial score (nSPS) is 23.1. The van der Waals surface area contributed by atoms with Gasteiger partial charge in [0, 0.05) is 24.1 Å². The van der Waals surface area contributed by atoms with Crippen molar-refractivity contribution >= 4 is 29.4 Å². The summed E-state index contributed by atoms with van der Waals surface area (Å²) < 4.78 is 59.0. The van der Waals surface area contributed by atoms with E-state index in [9.17, 15) is 27.2 Å². The Morgan fingerprint density at radius 1 is 1.15 bits per heavy atom. The minimum atomic E-state index is -4.80. The van der Waals surface area contributed by atoms with E-state index in [-0.39, 0.29) is 40.0 Å². The SMILES string of the molecule is O=C(COc1ccc(Cl)c(F)c1)CC12CC(NC(=O)/C=C/c3ccc(OC(F)(F)F)cn3)(C1)C2. The number of ether oxygens (including phenoxy) is 2. The fourth-order valence-electron chi connectivity index (χ4n) is 4.67. The lowest BCUT2D eigenvalue weighted by Crippen LogP contribution is -2.74. The van der Waals surface area contributed by atoms with Gasteiger partial charge in [-0.15, -0.1) is 13.2 Å². The van der Waals surface area contributed by atoms with Gasteiger partial charge in [0.05, 0.1) is 16.9 Å². The molecular formula is C23H19ClF4N2O4. The van der Waals surface area contributed by atoms with Gasteiger partial charge >= 0.3 is 6.36 Å². The van der Waals surface area contributed by atoms with Gasteiger partial charge in [-0.2, -0.15) is 0 Å². The van der Waals surface area contributed by atoms with E-state index in [0.717, 1.165) is 18.3 Å². The summed E-state index contributed by atoms with van der Waals surface area (Å²) in [5.41, 5.74) is -0.206. The Labute approximate surface area is 196 Å². The van der Waals surface area contributed by atoms with Gasteiger partial charge in [-0.1, -0.05) is 11.6 Å². The second kappa shape index (κ2) is 8.90. The molecule has 11 heteroatoms. The van der Waals surface area contributed by atoms with Crippen molar-refractivity contribution in [2.75, 3.05) is 6.61 Å². The summed E-state index contributed by atoms with van der Waals surface area (Å²) in [4.78, 5) is 28.3. The maximum atomic E-state index is 13.4. The van der Waals surface area contributed by atoms with Crippen LogP contribution in [0.25, 0.3) is 6.08 Å². The summed E-state index contributed by atoms with van der Waals surface area (Å²) >= 11 is 5.61. The first-order valence-electron chi connectivity index (χ1n) is 10.3. The summed E-state index contributed by atoms with van der Waals surface area (Å²) in [7, 11) is 0. The Hall–Kier alpha value is -3.14. The number of hydrogen-bond donors (Lipinski definition) is 1. The highest BCUT2D eigenvalue weighted by Gasteiger charge is 2.68. The number of amides is 1. The summed E-state index contributed by atoms with van der Waals surface area (Å²) in [6, 6.07) is 6.36. The van der Waals surface area contributed by atoms with Gasteiger partial charge in [-0.25, -0.2) is 4.39 Å². The van der Waals surface area contributed by atoms with Crippen LogP contribution in [0.2, 0.25) is 5.02 Å². The molecule has 1 aromatic heterocycles. The van der Waals surface area contributed by atoms with Crippen molar-refractivity contribution in [3.63, 3.8) is 0 Å². The molecule has 0 spiro atoms. The van der Waals surface area contributed by atoms with Crippen molar-refractivity contribution in [3.8, 4) is 11.5 Å². The summed E-state index contributed by atoms with van der Waals surface area (Å²) in [6.45, 7) is -0.176. The van der Waals surface area contributed by atoms with Crippen LogP contribution < -0.4 is 14.8 Å². The van der Waals surface area contributed by atoms with E-state index in [1.54, 1.807) is 0 Å². The molecule has 0 saturated heterocycles. The molecule has 0 aliphatic heterocycles. The lowest BCUT2D eigenvalue weighted by atomic mass is 9.38. The molecule has 1 heterocycles. The molecule has 1 amide bonds. The molecule has 2 bridgehead atoms. The minimum Gasteiger partial charge on any atom is -0.486 e. The van der Waals surface area contributed by atoms with E-state index in [4.69, 9.17) is 16.3 Å². The van der Waals surface area contributed by atoms with Gasteiger partial charge in [0.15, 0.2) is 5.78 Å². The lowest BCUT2D eigenvalue weighted by Gasteiger charge is -2.70. The van der Waals surface area contributed by atoms with Gasteiger partial charge in [0.1, 0.15) is 23.9 Å². The van der Waals surface area contributed by atoms with Crippen LogP contribution >= 0.6 is 11.6 Å². The average molecular weight is 499 g/mol. The highest BCUT2D eigenvalue weighted by molar-refractivity contribution is 6.30. The van der Waals surface area contributed by atoms with Crippen LogP contribution in [0.4, 0.5) is 17.6 Å². The van der Waals surface area contributed by atoms with E-state index < -0.39 is 17.9 Å². The number of nitrogens with one attached hydrogen (secondary N) is 1. The number of benzene rings is 1. The van der Waals surface area contributed by atoms with Crippen LogP contribution in [-0.2, 0) is 9.59 Å². The zero-order chi connectivity index (χ0) is 24.6. The lowest BCUT2D eigenvalue weighted by molar-refractivity contribution is -0.274. The third kappa shape index (κ3) is 5.67. The molecule has 3 saturated carbocycles. The number of carbonyl (C=O) groups excluding carboxylic acids is 2. The van der Waals surface area contributed by atoms with Crippen molar-refractivity contribution in [2.24, 2.45) is 5.41 Å². The number of pyridine rings is 1. The molecule has 3 aliphatic carbocycles. The molecule has 1 aromatic carbocycles. The summed E-state index contributed by atoms with van der Waals surface area (Å²) in [5.74, 6) is -1.32. The van der Waals surface area contributed by atoms with Gasteiger partial charge in [0.25, 0.3) is 0 Å². The Morgan fingerprint density at radius 3 is 2.47 bits per heavy atom. The van der Waals surface area contributed by atoms with Crippen LogP contribution in [0.1, 0.15) is 31.4 Å². The fourth-order valence-corrected chi connectivity index (χ4v) is 4.78. The maximum absolute atomic E-state index is 13.4. The van der Waals surface area contributed by atoms with Gasteiger partial charge in [-0.05, 0) is 55.0 Å². The minimum absolute atomic E-state index is 0.0283. The second-order valence-electron chi connectivity index (χ2n) is 8.68. The van der Waals surface area contributed by atoms with Crippen molar-refractivity contribution < 1.29 is 36.6 Å². The number of carbonyl (C=O) groups is 2. The monoisotopic (exact) mass is 498 g/mol. The van der Waals surface area contributed by atoms with E-state index in [2.05, 4.69) is 15.0 Å². The number of alkyl halides is 3. The molecule has 34 heavy (non-hydrogen) atoms. The molecule has 1 N–H and O–H groups in total. The molecule has 180 valence electrons. The Kier molecular flexibility index (Phi) is 6.28. The average Bonchev–Trinajstić information content (AvgIpc) is 2.70. The second-order valence-corrected chi connectivity index (χ2v) is 9.09. The third-order valence-electron chi connectivity index (χ3n) is 5.79. The predicted octanol–water partition coefficient (Wildman–Crippen LogP) is 4.86. The highest BCUT2D eigenvalue weighted by atomic mass is 35.5. The maximum Gasteiger partial charge on any atom is 0.573 e. The molecule has 0 radical (unpaired) electrons. The largest absolute Gasteiger partial charge is 0.573 e. The van der Waals surface area contributed by atoms with Gasteiger partial charge in [0.2, 0.25) is 5.91 Å². The van der Waals surface area contributed by atoms with Crippen molar-refractivity contribution in [2.45, 2.75) is 37.6 Å². The molecule has 3 fully saturated rings. The Balaban J connectivity index is 1.19. The summed E-state index contributed by atoms with van der Waals surface area (Å²) in [6.07, 6.45) is 1.08. The number of hydrogen-bond acceptors (Lipinski definition) is 5. The molecule has 5 rings (SSSR count). The number of ketones is 1. The first-order chi connectivity index (χ1) is 15.9. The number of Topliss-reactive ketones (excluding diaryl/α,β-unsaturated/α-hetero) is 1. The van der Waals surface area contributed by atoms with E-state index in [1.807, 2.05) is 0 Å². The predicted molar refractivity (Wildman–Crippen MR) is 114 cm³/mol. The standard InChI is InChI=1S/C23H19ClF4N2O4/c24-18-5-4-16(7-19(18)25)33-10-15(31)8-21-11-22(12-21,13-21)30-20(32)6-2-14-1-3-17(9-29-14)34-23(26,27)28/h1-7,9H,8,10-13H2,(H,30,32)/b6-2+. The molecule has 0 atom stereocenters. The number of aromatic nitrogens is 1. The topological polar surface area (TPSA) is 77.5 Å². The quantitative estimate of drug-likeness (QED) is 0.394. The molecule has 0 unspecified atom stereocenters. The summed E-state index contributed by atoms with van der Waals surface area (Å²) in [5, 5.41) is 2.89. The third-order valence-corrected chi connectivity index (χ3v) is 6.10. The van der Waals surface area contributed by atoms with E-state index >= 15 is 0 Å². The van der Waals surface area contributed by atoms with Crippen molar-refractivity contribution in [3.05, 3.63) is 59.1 Å². The van der Waals surface area contributed by atoms with Gasteiger partial charge in [-0.3, -0.25) is 14.6 Å². The molecule has 2 aromatic rings. The molecular weight excluding hydrogens is 480 g/mol. The first-order valence-corrected chi connectivity index (χ1v) is 10.6. The first kappa shape index (κ1) is 24.0. The number of rotatable bonds is 9. The van der Waals surface area contributed by atoms with E-state index in [1.165, 1.54) is 30.4 Å². The van der Waals surface area contributed by atoms with Gasteiger partial charge < -0.3 is 14.8 Å². The zero-order valence-corrected chi connectivity index (χ0v) is 18.4. The van der Waals surface area contributed by atoms with Crippen molar-refractivity contribution in [1.82, 2.24) is 10.3 Å². The number of halogens is 5. The molecule has 3 aliphatic rings. The Morgan fingerprint density at radius 2 is 1.85 bits per heavy atom. The Bertz CT molecular complexity index is 1120. The zero-order valence-electron chi connectivity index (χ0n) is 17.6. The van der Waals surface area contributed by atoms with Crippen LogP contribution in [-0.4, -0.2) is 35.2 Å². The van der Waals surface area contributed by atoms with Crippen LogP contribution in [0.5, 0.6) is 11.5 Å². The number of nitrogens with zero attached hydrogens (tertiary/aromatic N) is 1. The smallest absolute Gasteiger partial charge is 0.486 e. The molecule has 6 nitrogen and oxygen atoms in total.